The molecule has 0 saturated carbocycles. The molecule has 0 aromatic carbocycles. The highest BCUT2D eigenvalue weighted by Crippen LogP contribution is 2.27. The predicted octanol–water partition coefficient (Wildman–Crippen LogP) is -0.417. The van der Waals surface area contributed by atoms with Crippen molar-refractivity contribution in [1.29, 1.82) is 0 Å². The summed E-state index contributed by atoms with van der Waals surface area (Å²) in [6.07, 6.45) is 3.66. The molecule has 2 fully saturated rings. The van der Waals surface area contributed by atoms with Gasteiger partial charge < -0.3 is 14.6 Å². The lowest BCUT2D eigenvalue weighted by Crippen LogP contribution is -2.39. The van der Waals surface area contributed by atoms with E-state index in [1.165, 1.54) is 4.31 Å². The van der Waals surface area contributed by atoms with Crippen LogP contribution in [0.15, 0.2) is 4.79 Å². The summed E-state index contributed by atoms with van der Waals surface area (Å²) in [7, 11) is -3.34. The number of aromatic amines is 1. The van der Waals surface area contributed by atoms with Crippen molar-refractivity contribution >= 4 is 15.9 Å². The number of ether oxygens (including phenoxy) is 1. The number of rotatable bonds is 3. The number of amides is 1. The fraction of sp³-hybridized carbons (Fsp3) is 0.706. The van der Waals surface area contributed by atoms with Gasteiger partial charge in [0.15, 0.2) is 0 Å². The predicted molar refractivity (Wildman–Crippen MR) is 96.7 cm³/mol. The van der Waals surface area contributed by atoms with E-state index in [2.05, 4.69) is 9.97 Å². The molecule has 1 amide bonds. The third-order valence-corrected chi connectivity index (χ3v) is 6.86. The Morgan fingerprint density at radius 2 is 2.11 bits per heavy atom. The summed E-state index contributed by atoms with van der Waals surface area (Å²) in [5.41, 5.74) is 0.797. The molecule has 9 nitrogen and oxygen atoms in total. The van der Waals surface area contributed by atoms with E-state index in [0.29, 0.717) is 49.7 Å². The fourth-order valence-electron chi connectivity index (χ4n) is 4.06. The zero-order chi connectivity index (χ0) is 19.2. The molecule has 148 valence electrons. The molecule has 1 aromatic heterocycles. The fourth-order valence-corrected chi connectivity index (χ4v) is 4.84. The first kappa shape index (κ1) is 18.6. The summed E-state index contributed by atoms with van der Waals surface area (Å²) in [6.45, 7) is 2.18. The van der Waals surface area contributed by atoms with Crippen molar-refractivity contribution in [3.8, 4) is 0 Å². The Labute approximate surface area is 157 Å². The first-order valence-corrected chi connectivity index (χ1v) is 11.2. The van der Waals surface area contributed by atoms with Crippen LogP contribution in [0.25, 0.3) is 0 Å². The number of fused-ring (bicyclic) bond motifs is 1. The molecule has 4 heterocycles. The van der Waals surface area contributed by atoms with Gasteiger partial charge in [0.25, 0.3) is 11.5 Å². The maximum Gasteiger partial charge on any atom is 0.255 e. The Kier molecular flexibility index (Phi) is 4.81. The molecular formula is C17H24N4O5S. The number of nitrogens with one attached hydrogen (secondary N) is 1. The zero-order valence-corrected chi connectivity index (χ0v) is 16.1. The number of carbonyl (C=O) groups excluding carboxylic acids is 1. The Balaban J connectivity index is 1.50. The monoisotopic (exact) mass is 396 g/mol. The lowest BCUT2D eigenvalue weighted by atomic mass is 10.1. The number of likely N-dealkylation sites (tertiary alicyclic amines) is 1. The van der Waals surface area contributed by atoms with Gasteiger partial charge in [-0.25, -0.2) is 13.4 Å². The van der Waals surface area contributed by atoms with Crippen LogP contribution in [-0.2, 0) is 32.5 Å². The number of aromatic nitrogens is 2. The largest absolute Gasteiger partial charge is 0.368 e. The Bertz CT molecular complexity index is 906. The van der Waals surface area contributed by atoms with E-state index in [0.717, 1.165) is 25.5 Å². The van der Waals surface area contributed by atoms with Crippen LogP contribution in [0.2, 0.25) is 0 Å². The molecule has 10 heteroatoms. The average Bonchev–Trinajstić information content (AvgIpc) is 3.32. The first-order valence-electron chi connectivity index (χ1n) is 9.30. The quantitative estimate of drug-likeness (QED) is 0.743. The van der Waals surface area contributed by atoms with Crippen LogP contribution in [0, 0.1) is 0 Å². The topological polar surface area (TPSA) is 113 Å². The van der Waals surface area contributed by atoms with Gasteiger partial charge in [-0.05, 0) is 19.3 Å². The van der Waals surface area contributed by atoms with E-state index in [1.807, 2.05) is 0 Å². The Morgan fingerprint density at radius 3 is 2.81 bits per heavy atom. The number of hydrogen-bond acceptors (Lipinski definition) is 6. The number of H-pyrrole nitrogens is 1. The van der Waals surface area contributed by atoms with Gasteiger partial charge in [0.1, 0.15) is 11.9 Å². The van der Waals surface area contributed by atoms with E-state index in [4.69, 9.17) is 4.74 Å². The molecule has 1 N–H and O–H groups in total. The standard InChI is InChI=1S/C17H24N4O5S/c1-27(24,25)21-7-5-13-12(10-21)16(22)19-15(18-13)11-4-6-20(9-11)17(23)14-3-2-8-26-14/h11,14H,2-10H2,1H3,(H,18,19,22)/t11-,14-/m1/s1. The minimum Gasteiger partial charge on any atom is -0.368 e. The summed E-state index contributed by atoms with van der Waals surface area (Å²) in [5, 5.41) is 0. The van der Waals surface area contributed by atoms with Crippen molar-refractivity contribution in [2.45, 2.75) is 44.2 Å². The maximum absolute atomic E-state index is 12.5. The maximum atomic E-state index is 12.5. The van der Waals surface area contributed by atoms with Gasteiger partial charge in [0.2, 0.25) is 10.0 Å². The van der Waals surface area contributed by atoms with Crippen molar-refractivity contribution < 1.29 is 17.9 Å². The second kappa shape index (κ2) is 6.99. The highest BCUT2D eigenvalue weighted by Gasteiger charge is 2.35. The molecule has 0 spiro atoms. The first-order chi connectivity index (χ1) is 12.8. The average molecular weight is 396 g/mol. The van der Waals surface area contributed by atoms with Gasteiger partial charge in [-0.15, -0.1) is 0 Å². The molecule has 4 rings (SSSR count). The van der Waals surface area contributed by atoms with Crippen LogP contribution >= 0.6 is 0 Å². The van der Waals surface area contributed by atoms with Gasteiger partial charge in [0.05, 0.1) is 17.5 Å². The molecule has 0 bridgehead atoms. The van der Waals surface area contributed by atoms with E-state index in [9.17, 15) is 18.0 Å². The molecule has 27 heavy (non-hydrogen) atoms. The highest BCUT2D eigenvalue weighted by atomic mass is 32.2. The van der Waals surface area contributed by atoms with Crippen LogP contribution in [0.4, 0.5) is 0 Å². The van der Waals surface area contributed by atoms with Gasteiger partial charge in [0, 0.05) is 45.1 Å². The second-order valence-corrected chi connectivity index (χ2v) is 9.48. The summed E-state index contributed by atoms with van der Waals surface area (Å²) in [6, 6.07) is 0. The van der Waals surface area contributed by atoms with Gasteiger partial charge in [-0.1, -0.05) is 0 Å². The summed E-state index contributed by atoms with van der Waals surface area (Å²) in [5.74, 6) is 0.606. The summed E-state index contributed by atoms with van der Waals surface area (Å²) in [4.78, 5) is 34.3. The van der Waals surface area contributed by atoms with Gasteiger partial charge in [-0.3, -0.25) is 9.59 Å². The molecule has 2 saturated heterocycles. The van der Waals surface area contributed by atoms with Crippen LogP contribution in [0.1, 0.15) is 42.3 Å². The Hall–Kier alpha value is -1.78. The Morgan fingerprint density at radius 1 is 1.30 bits per heavy atom. The normalized spacial score (nSPS) is 26.3. The molecular weight excluding hydrogens is 372 g/mol. The number of sulfonamides is 1. The second-order valence-electron chi connectivity index (χ2n) is 7.49. The van der Waals surface area contributed by atoms with E-state index in [1.54, 1.807) is 4.90 Å². The third-order valence-electron chi connectivity index (χ3n) is 5.61. The summed E-state index contributed by atoms with van der Waals surface area (Å²) >= 11 is 0. The van der Waals surface area contributed by atoms with Crippen molar-refractivity contribution in [3.05, 3.63) is 27.4 Å². The van der Waals surface area contributed by atoms with Crippen molar-refractivity contribution in [2.75, 3.05) is 32.5 Å². The van der Waals surface area contributed by atoms with E-state index in [-0.39, 0.29) is 30.0 Å². The van der Waals surface area contributed by atoms with Gasteiger partial charge in [-0.2, -0.15) is 4.31 Å². The number of nitrogens with zero attached hydrogens (tertiary/aromatic N) is 3. The summed E-state index contributed by atoms with van der Waals surface area (Å²) < 4.78 is 30.3. The van der Waals surface area contributed by atoms with Crippen LogP contribution in [0.3, 0.4) is 0 Å². The zero-order valence-electron chi connectivity index (χ0n) is 15.3. The smallest absolute Gasteiger partial charge is 0.255 e. The van der Waals surface area contributed by atoms with Crippen molar-refractivity contribution in [1.82, 2.24) is 19.2 Å². The highest BCUT2D eigenvalue weighted by molar-refractivity contribution is 7.88. The molecule has 0 aliphatic carbocycles. The molecule has 3 aliphatic rings. The van der Waals surface area contributed by atoms with Crippen molar-refractivity contribution in [3.63, 3.8) is 0 Å². The van der Waals surface area contributed by atoms with E-state index >= 15 is 0 Å². The number of carbonyl (C=O) groups is 1. The molecule has 2 atom stereocenters. The number of hydrogen-bond donors (Lipinski definition) is 1. The minimum atomic E-state index is -3.34. The molecule has 0 radical (unpaired) electrons. The molecule has 3 aliphatic heterocycles. The minimum absolute atomic E-state index is 0.0127. The van der Waals surface area contributed by atoms with Crippen LogP contribution in [-0.4, -0.2) is 72.1 Å². The van der Waals surface area contributed by atoms with Gasteiger partial charge >= 0.3 is 0 Å². The third kappa shape index (κ3) is 3.65. The van der Waals surface area contributed by atoms with Crippen LogP contribution < -0.4 is 5.56 Å². The SMILES string of the molecule is CS(=O)(=O)N1CCc2nc([C@@H]3CCN(C(=O)[C@H]4CCCO4)C3)[nH]c(=O)c2C1. The van der Waals surface area contributed by atoms with E-state index < -0.39 is 10.0 Å². The molecule has 1 aromatic rings. The van der Waals surface area contributed by atoms with Crippen molar-refractivity contribution in [2.24, 2.45) is 0 Å². The lowest BCUT2D eigenvalue weighted by molar-refractivity contribution is -0.139. The lowest BCUT2D eigenvalue weighted by Gasteiger charge is -2.26. The molecule has 0 unspecified atom stereocenters. The van der Waals surface area contributed by atoms with Crippen LogP contribution in [0.5, 0.6) is 0 Å².